The zero-order valence-electron chi connectivity index (χ0n) is 7.71. The summed E-state index contributed by atoms with van der Waals surface area (Å²) < 4.78 is 10.4. The first kappa shape index (κ1) is 13.9. The van der Waals surface area contributed by atoms with E-state index in [0.717, 1.165) is 11.8 Å². The topological polar surface area (TPSA) is 121 Å². The number of carboxylic acids is 1. The normalized spacial score (nSPS) is 16.3. The van der Waals surface area contributed by atoms with Crippen LogP contribution in [0.25, 0.3) is 0 Å². The van der Waals surface area contributed by atoms with Crippen LogP contribution in [0, 0.1) is 0 Å². The van der Waals surface area contributed by atoms with Gasteiger partial charge in [0, 0.05) is 0 Å². The number of thioether (sulfide) groups is 1. The predicted octanol–water partition coefficient (Wildman–Crippen LogP) is 0.0469. The summed E-state index contributed by atoms with van der Waals surface area (Å²) in [6.07, 6.45) is 0.174. The van der Waals surface area contributed by atoms with Crippen LogP contribution in [0.3, 0.4) is 0 Å². The third kappa shape index (κ3) is 6.39. The lowest BCUT2D eigenvalue weighted by Gasteiger charge is -2.18. The summed E-state index contributed by atoms with van der Waals surface area (Å²) in [6.45, 7) is 1.37. The van der Waals surface area contributed by atoms with Crippen LogP contribution < -0.4 is 5.73 Å². The molecule has 0 aromatic carbocycles. The van der Waals surface area contributed by atoms with Crippen molar-refractivity contribution in [3.63, 3.8) is 0 Å². The third-order valence-electron chi connectivity index (χ3n) is 1.51. The van der Waals surface area contributed by atoms with Crippen molar-refractivity contribution >= 4 is 25.3 Å². The van der Waals surface area contributed by atoms with Gasteiger partial charge in [-0.3, -0.25) is 9.36 Å². The summed E-state index contributed by atoms with van der Waals surface area (Å²) in [6, 6.07) is 0. The lowest BCUT2D eigenvalue weighted by molar-refractivity contribution is -0.142. The van der Waals surface area contributed by atoms with Gasteiger partial charge in [0.1, 0.15) is 5.54 Å². The summed E-state index contributed by atoms with van der Waals surface area (Å²) >= 11 is 0.998. The molecule has 6 nitrogen and oxygen atoms in total. The molecule has 1 atom stereocenters. The van der Waals surface area contributed by atoms with Gasteiger partial charge in [0.15, 0.2) is 0 Å². The van der Waals surface area contributed by atoms with Crippen LogP contribution in [-0.2, 0) is 9.36 Å². The quantitative estimate of drug-likeness (QED) is 0.384. The maximum atomic E-state index is 10.5. The van der Waals surface area contributed by atoms with E-state index in [9.17, 15) is 9.36 Å². The summed E-state index contributed by atoms with van der Waals surface area (Å²) in [5.41, 5.74) is 3.77. The molecular weight excluding hydrogens is 229 g/mol. The molecule has 0 fully saturated rings. The summed E-state index contributed by atoms with van der Waals surface area (Å²) in [5.74, 6) is -0.806. The molecule has 0 aromatic heterocycles. The number of hydrogen-bond donors (Lipinski definition) is 4. The maximum absolute atomic E-state index is 10.5. The van der Waals surface area contributed by atoms with Crippen LogP contribution in [0.4, 0.5) is 0 Å². The number of carboxylic acid groups (broad SMARTS) is 1. The van der Waals surface area contributed by atoms with E-state index in [-0.39, 0.29) is 11.9 Å². The van der Waals surface area contributed by atoms with Crippen molar-refractivity contribution in [3.8, 4) is 0 Å². The molecule has 0 heterocycles. The zero-order valence-corrected chi connectivity index (χ0v) is 9.42. The van der Waals surface area contributed by atoms with Gasteiger partial charge in [-0.15, -0.1) is 11.8 Å². The Morgan fingerprint density at radius 2 is 2.07 bits per heavy atom. The van der Waals surface area contributed by atoms with E-state index in [1.165, 1.54) is 6.92 Å². The van der Waals surface area contributed by atoms with Crippen LogP contribution in [0.15, 0.2) is 0 Å². The van der Waals surface area contributed by atoms with Crippen molar-refractivity contribution in [2.75, 3.05) is 11.2 Å². The summed E-state index contributed by atoms with van der Waals surface area (Å²) in [4.78, 5) is 27.5. The molecule has 1 unspecified atom stereocenters. The number of aliphatic carboxylic acids is 1. The Balaban J connectivity index is 3.76. The molecule has 0 aromatic rings. The number of nitrogens with two attached hydrogens (primary N) is 1. The molecule has 5 N–H and O–H groups in total. The van der Waals surface area contributed by atoms with Crippen LogP contribution in [0.1, 0.15) is 13.3 Å². The minimum Gasteiger partial charge on any atom is -0.480 e. The highest BCUT2D eigenvalue weighted by Crippen LogP contribution is 2.38. The average Bonchev–Trinajstić information content (AvgIpc) is 1.96. The minimum atomic E-state index is -4.00. The monoisotopic (exact) mass is 243 g/mol. The second kappa shape index (κ2) is 5.14. The standard InChI is InChI=1S/C6H14NO5PS/c1-6(7,5(8)9)2-3-14-4-13(10,11)12/h2-4,7H2,1H3,(H,8,9)(H2,10,11,12). The van der Waals surface area contributed by atoms with Crippen LogP contribution in [-0.4, -0.2) is 37.6 Å². The smallest absolute Gasteiger partial charge is 0.335 e. The number of hydrogen-bond acceptors (Lipinski definition) is 4. The zero-order chi connectivity index (χ0) is 11.4. The van der Waals surface area contributed by atoms with E-state index in [2.05, 4.69) is 0 Å². The fraction of sp³-hybridized carbons (Fsp3) is 0.833. The first-order chi connectivity index (χ1) is 6.15. The van der Waals surface area contributed by atoms with Gasteiger partial charge in [-0.05, 0) is 19.1 Å². The Morgan fingerprint density at radius 1 is 1.57 bits per heavy atom. The third-order valence-corrected chi connectivity index (χ3v) is 4.08. The SMILES string of the molecule is CC(N)(CCSCP(=O)(O)O)C(=O)O. The molecule has 0 aliphatic carbocycles. The van der Waals surface area contributed by atoms with E-state index in [1.54, 1.807) is 0 Å². The largest absolute Gasteiger partial charge is 0.480 e. The minimum absolute atomic E-state index is 0.174. The molecule has 0 aliphatic rings. The number of carbonyl (C=O) groups is 1. The Bertz CT molecular complexity index is 251. The Kier molecular flexibility index (Phi) is 5.11. The average molecular weight is 243 g/mol. The van der Waals surface area contributed by atoms with Gasteiger partial charge < -0.3 is 20.6 Å². The van der Waals surface area contributed by atoms with Crippen LogP contribution >= 0.6 is 19.4 Å². The molecule has 0 bridgehead atoms. The number of rotatable bonds is 6. The van der Waals surface area contributed by atoms with Gasteiger partial charge in [0.05, 0.1) is 5.49 Å². The highest BCUT2D eigenvalue weighted by Gasteiger charge is 2.27. The lowest BCUT2D eigenvalue weighted by atomic mass is 10.0. The molecule has 84 valence electrons. The second-order valence-corrected chi connectivity index (χ2v) is 6.35. The molecule has 0 aliphatic heterocycles. The van der Waals surface area contributed by atoms with Crippen molar-refractivity contribution in [1.29, 1.82) is 0 Å². The molecule has 0 spiro atoms. The summed E-state index contributed by atoms with van der Waals surface area (Å²) in [5, 5.41) is 8.61. The molecule has 0 amide bonds. The molecular formula is C6H14NO5PS. The summed E-state index contributed by atoms with van der Waals surface area (Å²) in [7, 11) is -4.00. The van der Waals surface area contributed by atoms with Gasteiger partial charge in [0.25, 0.3) is 0 Å². The molecule has 0 rings (SSSR count). The van der Waals surface area contributed by atoms with Gasteiger partial charge >= 0.3 is 13.6 Å². The Labute approximate surface area is 86.0 Å². The van der Waals surface area contributed by atoms with Crippen molar-refractivity contribution in [3.05, 3.63) is 0 Å². The fourth-order valence-corrected chi connectivity index (χ4v) is 2.61. The highest BCUT2D eigenvalue weighted by atomic mass is 32.2. The molecule has 0 saturated heterocycles. The van der Waals surface area contributed by atoms with Crippen LogP contribution in [0.2, 0.25) is 0 Å². The Hall–Kier alpha value is -0.0700. The maximum Gasteiger partial charge on any atom is 0.335 e. The molecule has 0 radical (unpaired) electrons. The van der Waals surface area contributed by atoms with E-state index in [0.29, 0.717) is 5.75 Å². The van der Waals surface area contributed by atoms with Crippen LogP contribution in [0.5, 0.6) is 0 Å². The van der Waals surface area contributed by atoms with E-state index < -0.39 is 19.1 Å². The van der Waals surface area contributed by atoms with Gasteiger partial charge in [0.2, 0.25) is 0 Å². The van der Waals surface area contributed by atoms with E-state index in [1.807, 2.05) is 0 Å². The molecule has 0 saturated carbocycles. The molecule has 8 heteroatoms. The first-order valence-corrected chi connectivity index (χ1v) is 6.75. The fourth-order valence-electron chi connectivity index (χ4n) is 0.575. The van der Waals surface area contributed by atoms with Crippen molar-refractivity contribution in [2.45, 2.75) is 18.9 Å². The van der Waals surface area contributed by atoms with Gasteiger partial charge in [-0.25, -0.2) is 0 Å². The van der Waals surface area contributed by atoms with Crippen molar-refractivity contribution in [2.24, 2.45) is 5.73 Å². The highest BCUT2D eigenvalue weighted by molar-refractivity contribution is 8.04. The van der Waals surface area contributed by atoms with Gasteiger partial charge in [-0.1, -0.05) is 0 Å². The first-order valence-electron chi connectivity index (χ1n) is 3.80. The Morgan fingerprint density at radius 3 is 2.43 bits per heavy atom. The van der Waals surface area contributed by atoms with Crippen molar-refractivity contribution < 1.29 is 24.3 Å². The van der Waals surface area contributed by atoms with Gasteiger partial charge in [-0.2, -0.15) is 0 Å². The van der Waals surface area contributed by atoms with Crippen molar-refractivity contribution in [1.82, 2.24) is 0 Å². The lowest BCUT2D eigenvalue weighted by Crippen LogP contribution is -2.45. The molecule has 14 heavy (non-hydrogen) atoms. The van der Waals surface area contributed by atoms with E-state index in [4.69, 9.17) is 20.6 Å². The van der Waals surface area contributed by atoms with E-state index >= 15 is 0 Å². The second-order valence-electron chi connectivity index (χ2n) is 3.17. The predicted molar refractivity (Wildman–Crippen MR) is 54.2 cm³/mol.